The van der Waals surface area contributed by atoms with Gasteiger partial charge in [-0.1, -0.05) is 61.7 Å². The molecular weight excluding hydrogens is 524 g/mol. The van der Waals surface area contributed by atoms with E-state index in [1.807, 2.05) is 65.6 Å². The van der Waals surface area contributed by atoms with Gasteiger partial charge in [-0.3, -0.25) is 4.79 Å². The molecule has 0 saturated heterocycles. The van der Waals surface area contributed by atoms with E-state index in [1.54, 1.807) is 12.1 Å². The molecule has 5 rings (SSSR count). The van der Waals surface area contributed by atoms with Crippen molar-refractivity contribution in [2.75, 3.05) is 29.6 Å². The van der Waals surface area contributed by atoms with Crippen LogP contribution in [0.15, 0.2) is 77.7 Å². The lowest BCUT2D eigenvalue weighted by Gasteiger charge is -2.30. The number of anilines is 2. The van der Waals surface area contributed by atoms with Crippen molar-refractivity contribution >= 4 is 39.2 Å². The fourth-order valence-corrected chi connectivity index (χ4v) is 6.79. The van der Waals surface area contributed by atoms with E-state index < -0.39 is 15.8 Å². The molecule has 0 aromatic heterocycles. The van der Waals surface area contributed by atoms with Crippen molar-refractivity contribution in [2.45, 2.75) is 43.5 Å². The molecule has 1 heterocycles. The minimum absolute atomic E-state index is 0.00616. The van der Waals surface area contributed by atoms with Crippen molar-refractivity contribution in [3.8, 4) is 11.1 Å². The number of benzene rings is 3. The number of hydrogen-bond donors (Lipinski definition) is 1. The monoisotopic (exact) mass is 558 g/mol. The number of carbonyl (C=O) groups is 2. The van der Waals surface area contributed by atoms with Crippen LogP contribution in [0, 0.1) is 5.92 Å². The number of hydrogen-bond acceptors (Lipinski definition) is 6. The smallest absolute Gasteiger partial charge is 0.330 e. The molecule has 0 atom stereocenters. The average Bonchev–Trinajstić information content (AvgIpc) is 2.99. The Labute approximate surface area is 235 Å². The van der Waals surface area contributed by atoms with Gasteiger partial charge >= 0.3 is 5.97 Å². The molecule has 2 aliphatic rings. The molecule has 1 saturated carbocycles. The molecule has 3 aromatic carbocycles. The van der Waals surface area contributed by atoms with E-state index in [0.717, 1.165) is 53.6 Å². The minimum Gasteiger partial charge on any atom is -0.466 e. The fourth-order valence-electron chi connectivity index (χ4n) is 5.42. The quantitative estimate of drug-likeness (QED) is 0.289. The average molecular weight is 559 g/mol. The molecule has 1 N–H and O–H groups in total. The molecule has 1 aliphatic heterocycles. The number of amides is 1. The molecule has 208 valence electrons. The molecule has 0 spiro atoms. The van der Waals surface area contributed by atoms with Crippen molar-refractivity contribution in [1.29, 1.82) is 0 Å². The fraction of sp³-hybridized carbons (Fsp3) is 0.312. The van der Waals surface area contributed by atoms with E-state index in [4.69, 9.17) is 4.74 Å². The molecule has 8 heteroatoms. The predicted molar refractivity (Wildman–Crippen MR) is 158 cm³/mol. The Balaban J connectivity index is 1.41. The highest BCUT2D eigenvalue weighted by atomic mass is 32.2. The number of nitrogens with zero attached hydrogens (tertiary/aromatic N) is 1. The lowest BCUT2D eigenvalue weighted by molar-refractivity contribution is -0.134. The first-order chi connectivity index (χ1) is 19.3. The molecule has 1 aliphatic carbocycles. The number of methoxy groups -OCH3 is 1. The van der Waals surface area contributed by atoms with Crippen molar-refractivity contribution < 1.29 is 22.7 Å². The maximum atomic E-state index is 13.8. The Morgan fingerprint density at radius 3 is 2.48 bits per heavy atom. The zero-order chi connectivity index (χ0) is 28.1. The summed E-state index contributed by atoms with van der Waals surface area (Å²) in [6.07, 6.45) is 8.13. The van der Waals surface area contributed by atoms with E-state index in [0.29, 0.717) is 23.7 Å². The van der Waals surface area contributed by atoms with Gasteiger partial charge in [0.1, 0.15) is 0 Å². The molecule has 7 nitrogen and oxygen atoms in total. The van der Waals surface area contributed by atoms with Crippen LogP contribution in [-0.2, 0) is 30.7 Å². The number of fused-ring (bicyclic) bond motifs is 1. The third-order valence-electron chi connectivity index (χ3n) is 7.65. The second-order valence-corrected chi connectivity index (χ2v) is 12.4. The van der Waals surface area contributed by atoms with Gasteiger partial charge in [-0.2, -0.15) is 0 Å². The van der Waals surface area contributed by atoms with Gasteiger partial charge < -0.3 is 15.0 Å². The van der Waals surface area contributed by atoms with Crippen molar-refractivity contribution in [1.82, 2.24) is 0 Å². The van der Waals surface area contributed by atoms with E-state index >= 15 is 0 Å². The maximum Gasteiger partial charge on any atom is 0.330 e. The highest BCUT2D eigenvalue weighted by Gasteiger charge is 2.27. The lowest BCUT2D eigenvalue weighted by atomic mass is 9.88. The summed E-state index contributed by atoms with van der Waals surface area (Å²) in [5, 5.41) is 3.16. The third-order valence-corrected chi connectivity index (χ3v) is 9.40. The Hall–Kier alpha value is -3.91. The van der Waals surface area contributed by atoms with Crippen molar-refractivity contribution in [2.24, 2.45) is 5.92 Å². The van der Waals surface area contributed by atoms with Crippen molar-refractivity contribution in [3.63, 3.8) is 0 Å². The van der Waals surface area contributed by atoms with Gasteiger partial charge in [0.15, 0.2) is 9.84 Å². The summed E-state index contributed by atoms with van der Waals surface area (Å²) in [5.41, 5.74) is 4.93. The third kappa shape index (κ3) is 6.28. The van der Waals surface area contributed by atoms with E-state index in [9.17, 15) is 18.0 Å². The van der Waals surface area contributed by atoms with Crippen LogP contribution in [0.1, 0.15) is 43.2 Å². The van der Waals surface area contributed by atoms with Crippen LogP contribution in [0.3, 0.4) is 0 Å². The molecule has 3 aromatic rings. The summed E-state index contributed by atoms with van der Waals surface area (Å²) in [6.45, 7) is 0.826. The van der Waals surface area contributed by atoms with Crippen LogP contribution in [0.4, 0.5) is 11.4 Å². The van der Waals surface area contributed by atoms with Crippen LogP contribution in [-0.4, -0.2) is 39.7 Å². The Kier molecular flexibility index (Phi) is 8.35. The first kappa shape index (κ1) is 27.6. The zero-order valence-corrected chi connectivity index (χ0v) is 23.5. The topological polar surface area (TPSA) is 92.8 Å². The normalized spacial score (nSPS) is 16.6. The van der Waals surface area contributed by atoms with Gasteiger partial charge in [-0.25, -0.2) is 13.2 Å². The standard InChI is InChI=1S/C32H34N2O5S/c1-39-31(35)17-12-23-6-5-9-28(20-23)34(32(36)26-7-3-2-4-8-26)22-24-10-13-25(14-11-24)27-15-16-29-30(21-27)40(37,38)19-18-33-29/h5-6,9-17,20-21,26,33H,2-4,7-8,18-19,22H2,1H3/b17-12+. The maximum absolute atomic E-state index is 13.8. The largest absolute Gasteiger partial charge is 0.466 e. The summed E-state index contributed by atoms with van der Waals surface area (Å²) in [5.74, 6) is -0.237. The van der Waals surface area contributed by atoms with E-state index in [1.165, 1.54) is 19.6 Å². The number of carbonyl (C=O) groups excluding carboxylic acids is 2. The Morgan fingerprint density at radius 1 is 0.975 bits per heavy atom. The second kappa shape index (κ2) is 12.1. The van der Waals surface area contributed by atoms with Gasteiger partial charge in [0.2, 0.25) is 5.91 Å². The number of rotatable bonds is 7. The predicted octanol–water partition coefficient (Wildman–Crippen LogP) is 5.85. The van der Waals surface area contributed by atoms with Gasteiger partial charge in [0.25, 0.3) is 0 Å². The van der Waals surface area contributed by atoms with Crippen LogP contribution in [0.2, 0.25) is 0 Å². The SMILES string of the molecule is COC(=O)/C=C/c1cccc(N(Cc2ccc(-c3ccc4c(c3)S(=O)(=O)CCN4)cc2)C(=O)C2CCCCC2)c1. The highest BCUT2D eigenvalue weighted by Crippen LogP contribution is 2.33. The molecule has 0 radical (unpaired) electrons. The first-order valence-corrected chi connectivity index (χ1v) is 15.4. The Morgan fingerprint density at radius 2 is 1.73 bits per heavy atom. The summed E-state index contributed by atoms with van der Waals surface area (Å²) >= 11 is 0. The van der Waals surface area contributed by atoms with Crippen LogP contribution in [0.25, 0.3) is 17.2 Å². The molecule has 1 fully saturated rings. The van der Waals surface area contributed by atoms with E-state index in [-0.39, 0.29) is 17.6 Å². The van der Waals surface area contributed by atoms with Crippen molar-refractivity contribution in [3.05, 3.63) is 83.9 Å². The summed E-state index contributed by atoms with van der Waals surface area (Å²) in [7, 11) is -1.96. The second-order valence-electron chi connectivity index (χ2n) is 10.4. The number of ether oxygens (including phenoxy) is 1. The Bertz CT molecular complexity index is 1520. The number of sulfone groups is 1. The van der Waals surface area contributed by atoms with Crippen LogP contribution >= 0.6 is 0 Å². The first-order valence-electron chi connectivity index (χ1n) is 13.7. The summed E-state index contributed by atoms with van der Waals surface area (Å²) in [6, 6.07) is 21.0. The van der Waals surface area contributed by atoms with Gasteiger partial charge in [0, 0.05) is 24.2 Å². The van der Waals surface area contributed by atoms with Crippen LogP contribution < -0.4 is 10.2 Å². The summed E-state index contributed by atoms with van der Waals surface area (Å²) < 4.78 is 29.8. The van der Waals surface area contributed by atoms with Crippen LogP contribution in [0.5, 0.6) is 0 Å². The van der Waals surface area contributed by atoms with Gasteiger partial charge in [0.05, 0.1) is 30.0 Å². The number of nitrogens with one attached hydrogen (secondary N) is 1. The highest BCUT2D eigenvalue weighted by molar-refractivity contribution is 7.91. The minimum atomic E-state index is -3.30. The van der Waals surface area contributed by atoms with Gasteiger partial charge in [-0.15, -0.1) is 0 Å². The molecule has 0 unspecified atom stereocenters. The van der Waals surface area contributed by atoms with E-state index in [2.05, 4.69) is 5.32 Å². The number of esters is 1. The summed E-state index contributed by atoms with van der Waals surface area (Å²) in [4.78, 5) is 27.6. The molecule has 0 bridgehead atoms. The molecule has 1 amide bonds. The van der Waals surface area contributed by atoms with Gasteiger partial charge in [-0.05, 0) is 65.4 Å². The molecular formula is C32H34N2O5S. The zero-order valence-electron chi connectivity index (χ0n) is 22.6. The molecule has 40 heavy (non-hydrogen) atoms. The lowest BCUT2D eigenvalue weighted by Crippen LogP contribution is -2.36.